The van der Waals surface area contributed by atoms with Gasteiger partial charge in [-0.05, 0) is 22.5 Å². The van der Waals surface area contributed by atoms with Crippen molar-refractivity contribution in [1.29, 1.82) is 0 Å². The van der Waals surface area contributed by atoms with Crippen molar-refractivity contribution in [3.8, 4) is 11.3 Å². The molecule has 1 radical (unpaired) electrons. The van der Waals surface area contributed by atoms with Crippen LogP contribution in [0.4, 0.5) is 8.78 Å². The molecule has 3 rings (SSSR count). The Morgan fingerprint density at radius 2 is 1.61 bits per heavy atom. The zero-order valence-corrected chi connectivity index (χ0v) is 14.9. The number of benzene rings is 2. The zero-order valence-electron chi connectivity index (χ0n) is 12.5. The Labute approximate surface area is 147 Å². The van der Waals surface area contributed by atoms with Gasteiger partial charge >= 0.3 is 0 Å². The number of hydrogen-bond acceptors (Lipinski definition) is 3. The van der Waals surface area contributed by atoms with Gasteiger partial charge in [0.1, 0.15) is 0 Å². The second kappa shape index (κ2) is 10.9. The summed E-state index contributed by atoms with van der Waals surface area (Å²) in [5.74, 6) is -1.35. The van der Waals surface area contributed by atoms with Gasteiger partial charge in [-0.2, -0.15) is 0 Å². The van der Waals surface area contributed by atoms with E-state index in [0.717, 1.165) is 31.1 Å². The molecule has 0 aliphatic rings. The number of aromatic nitrogens is 1. The van der Waals surface area contributed by atoms with Crippen molar-refractivity contribution in [3.05, 3.63) is 66.4 Å². The molecule has 3 aromatic rings. The Bertz CT molecular complexity index is 713. The maximum absolute atomic E-state index is 13.2. The van der Waals surface area contributed by atoms with E-state index in [1.54, 1.807) is 6.20 Å². The quantitative estimate of drug-likeness (QED) is 0.509. The summed E-state index contributed by atoms with van der Waals surface area (Å²) in [6.45, 7) is 0. The van der Waals surface area contributed by atoms with Crippen molar-refractivity contribution in [2.75, 3.05) is 14.2 Å². The molecule has 2 aromatic carbocycles. The fraction of sp³-hybridized carbons (Fsp3) is 0.118. The molecule has 0 aliphatic carbocycles. The molecule has 0 fully saturated rings. The number of halogens is 2. The van der Waals surface area contributed by atoms with Crippen LogP contribution in [-0.4, -0.2) is 29.4 Å². The fourth-order valence-corrected chi connectivity index (χ4v) is 1.96. The van der Waals surface area contributed by atoms with E-state index in [1.165, 1.54) is 6.07 Å². The second-order valence-electron chi connectivity index (χ2n) is 3.94. The third-order valence-electron chi connectivity index (χ3n) is 2.73. The van der Waals surface area contributed by atoms with Crippen LogP contribution in [0.15, 0.2) is 48.7 Å². The van der Waals surface area contributed by atoms with Gasteiger partial charge < -0.3 is 15.2 Å². The van der Waals surface area contributed by atoms with Crippen LogP contribution in [0, 0.1) is 17.7 Å². The summed E-state index contributed by atoms with van der Waals surface area (Å²) in [6, 6.07) is 13.9. The first kappa shape index (κ1) is 21.3. The molecule has 0 aliphatic heterocycles. The zero-order chi connectivity index (χ0) is 16.5. The number of rotatable bonds is 1. The number of nitrogens with zero attached hydrogens (tertiary/aromatic N) is 1. The first-order valence-corrected chi connectivity index (χ1v) is 6.36. The van der Waals surface area contributed by atoms with Gasteiger partial charge in [-0.1, -0.05) is 30.3 Å². The van der Waals surface area contributed by atoms with E-state index in [1.807, 2.05) is 30.3 Å². The van der Waals surface area contributed by atoms with E-state index in [0.29, 0.717) is 11.3 Å². The van der Waals surface area contributed by atoms with E-state index in [4.69, 9.17) is 10.2 Å². The standard InChI is InChI=1S/C15H8F2N.2CH4O.Ir/c16-12-7-11(8-13(17)9-12)15-14-4-2-1-3-10(14)5-6-18-15;2*1-2;/h1-7,9H;2*2H,1H3;/q-1;;;. The van der Waals surface area contributed by atoms with E-state index in [2.05, 4.69) is 11.1 Å². The summed E-state index contributed by atoms with van der Waals surface area (Å²) in [5.41, 5.74) is 0.857. The molecule has 0 amide bonds. The maximum atomic E-state index is 13.2. The van der Waals surface area contributed by atoms with E-state index in [9.17, 15) is 8.78 Å². The Morgan fingerprint density at radius 1 is 0.957 bits per heavy atom. The maximum Gasteiger partial charge on any atom is 0.0446 e. The predicted octanol–water partition coefficient (Wildman–Crippen LogP) is 3.19. The van der Waals surface area contributed by atoms with Crippen molar-refractivity contribution in [2.45, 2.75) is 0 Å². The van der Waals surface area contributed by atoms with Gasteiger partial charge in [-0.15, -0.1) is 17.7 Å². The molecule has 0 bridgehead atoms. The topological polar surface area (TPSA) is 53.4 Å². The van der Waals surface area contributed by atoms with Crippen molar-refractivity contribution >= 4 is 10.8 Å². The molecule has 0 spiro atoms. The summed E-state index contributed by atoms with van der Waals surface area (Å²) in [6.07, 6.45) is 1.62. The van der Waals surface area contributed by atoms with Gasteiger partial charge in [-0.3, -0.25) is 0 Å². The molecule has 125 valence electrons. The van der Waals surface area contributed by atoms with Gasteiger partial charge in [0.15, 0.2) is 0 Å². The third kappa shape index (κ3) is 5.44. The number of pyridine rings is 1. The Balaban J connectivity index is 0.000000901. The van der Waals surface area contributed by atoms with E-state index < -0.39 is 11.6 Å². The Kier molecular flexibility index (Phi) is 10.1. The molecule has 6 heteroatoms. The van der Waals surface area contributed by atoms with Gasteiger partial charge in [0.05, 0.1) is 0 Å². The number of aliphatic hydroxyl groups is 2. The number of fused-ring (bicyclic) bond motifs is 1. The SMILES string of the molecule is CO.CO.Fc1[c-]c(-c2nccc3ccccc23)cc(F)c1.[Ir]. The van der Waals surface area contributed by atoms with Crippen LogP contribution in [0.1, 0.15) is 0 Å². The van der Waals surface area contributed by atoms with E-state index >= 15 is 0 Å². The molecular formula is C17H16F2IrNO2-. The Morgan fingerprint density at radius 3 is 2.26 bits per heavy atom. The molecule has 23 heavy (non-hydrogen) atoms. The van der Waals surface area contributed by atoms with Gasteiger partial charge in [0.25, 0.3) is 0 Å². The summed E-state index contributed by atoms with van der Waals surface area (Å²) in [4.78, 5) is 4.19. The molecule has 0 unspecified atom stereocenters. The number of aliphatic hydroxyl groups excluding tert-OH is 2. The molecule has 1 heterocycles. The molecule has 0 saturated carbocycles. The number of hydrogen-bond donors (Lipinski definition) is 2. The Hall–Kier alpha value is -1.72. The molecule has 1 aromatic heterocycles. The molecule has 3 nitrogen and oxygen atoms in total. The van der Waals surface area contributed by atoms with Crippen molar-refractivity contribution < 1.29 is 39.1 Å². The average molecular weight is 497 g/mol. The molecular weight excluding hydrogens is 480 g/mol. The van der Waals surface area contributed by atoms with Gasteiger partial charge in [0.2, 0.25) is 0 Å². The van der Waals surface area contributed by atoms with Crippen molar-refractivity contribution in [3.63, 3.8) is 0 Å². The molecule has 0 saturated heterocycles. The average Bonchev–Trinajstić information content (AvgIpc) is 2.57. The minimum absolute atomic E-state index is 0. The molecule has 2 N–H and O–H groups in total. The smallest absolute Gasteiger partial charge is 0.0446 e. The fourth-order valence-electron chi connectivity index (χ4n) is 1.96. The third-order valence-corrected chi connectivity index (χ3v) is 2.73. The molecule has 0 atom stereocenters. The van der Waals surface area contributed by atoms with Crippen LogP contribution >= 0.6 is 0 Å². The summed E-state index contributed by atoms with van der Waals surface area (Å²) in [7, 11) is 2.00. The minimum atomic E-state index is -0.722. The second-order valence-corrected chi connectivity index (χ2v) is 3.94. The first-order valence-electron chi connectivity index (χ1n) is 6.36. The first-order chi connectivity index (χ1) is 10.7. The largest absolute Gasteiger partial charge is 0.400 e. The summed E-state index contributed by atoms with van der Waals surface area (Å²) >= 11 is 0. The van der Waals surface area contributed by atoms with Crippen molar-refractivity contribution in [1.82, 2.24) is 4.98 Å². The van der Waals surface area contributed by atoms with Crippen molar-refractivity contribution in [2.24, 2.45) is 0 Å². The van der Waals surface area contributed by atoms with Crippen LogP contribution < -0.4 is 0 Å². The van der Waals surface area contributed by atoms with Crippen LogP contribution in [-0.2, 0) is 20.1 Å². The minimum Gasteiger partial charge on any atom is -0.400 e. The van der Waals surface area contributed by atoms with Crippen LogP contribution in [0.25, 0.3) is 22.0 Å². The normalized spacial score (nSPS) is 8.96. The predicted molar refractivity (Wildman–Crippen MR) is 82.2 cm³/mol. The van der Waals surface area contributed by atoms with Crippen LogP contribution in [0.5, 0.6) is 0 Å². The van der Waals surface area contributed by atoms with Gasteiger partial charge in [-0.25, -0.2) is 8.78 Å². The summed E-state index contributed by atoms with van der Waals surface area (Å²) < 4.78 is 26.4. The monoisotopic (exact) mass is 497 g/mol. The summed E-state index contributed by atoms with van der Waals surface area (Å²) in [5, 5.41) is 15.8. The van der Waals surface area contributed by atoms with E-state index in [-0.39, 0.29) is 20.1 Å². The van der Waals surface area contributed by atoms with Crippen LogP contribution in [0.2, 0.25) is 0 Å². The van der Waals surface area contributed by atoms with Gasteiger partial charge in [0, 0.05) is 52.2 Å². The van der Waals surface area contributed by atoms with Crippen LogP contribution in [0.3, 0.4) is 0 Å².